The largest absolute Gasteiger partial charge is 0.367 e. The van der Waals surface area contributed by atoms with Crippen LogP contribution < -0.4 is 10.6 Å². The van der Waals surface area contributed by atoms with Gasteiger partial charge in [-0.2, -0.15) is 0 Å². The van der Waals surface area contributed by atoms with Crippen LogP contribution >= 0.6 is 0 Å². The van der Waals surface area contributed by atoms with Crippen LogP contribution in [-0.4, -0.2) is 17.6 Å². The molecule has 0 bridgehead atoms. The maximum absolute atomic E-state index is 4.49. The minimum Gasteiger partial charge on any atom is -0.367 e. The van der Waals surface area contributed by atoms with E-state index in [-0.39, 0.29) is 0 Å². The van der Waals surface area contributed by atoms with Gasteiger partial charge >= 0.3 is 0 Å². The lowest BCUT2D eigenvalue weighted by Crippen LogP contribution is -2.28. The van der Waals surface area contributed by atoms with Crippen molar-refractivity contribution in [1.82, 2.24) is 10.3 Å². The summed E-state index contributed by atoms with van der Waals surface area (Å²) in [7, 11) is 0. The number of nitrogens with zero attached hydrogens (tertiary/aromatic N) is 1. The van der Waals surface area contributed by atoms with E-state index in [1.165, 1.54) is 37.7 Å². The van der Waals surface area contributed by atoms with E-state index in [1.807, 2.05) is 12.3 Å². The SMILES string of the molecule is c1cnc(NC2CCC2)c(C2CCCN2)c1. The number of anilines is 1. The van der Waals surface area contributed by atoms with Crippen molar-refractivity contribution in [1.29, 1.82) is 0 Å². The quantitative estimate of drug-likeness (QED) is 0.816. The van der Waals surface area contributed by atoms with Crippen LogP contribution in [0, 0.1) is 0 Å². The number of rotatable bonds is 3. The smallest absolute Gasteiger partial charge is 0.130 e. The highest BCUT2D eigenvalue weighted by Gasteiger charge is 2.23. The van der Waals surface area contributed by atoms with E-state index < -0.39 is 0 Å². The van der Waals surface area contributed by atoms with Crippen LogP contribution in [0.3, 0.4) is 0 Å². The topological polar surface area (TPSA) is 37.0 Å². The van der Waals surface area contributed by atoms with E-state index in [0.29, 0.717) is 12.1 Å². The van der Waals surface area contributed by atoms with Gasteiger partial charge in [0.25, 0.3) is 0 Å². The Kier molecular flexibility index (Phi) is 2.79. The van der Waals surface area contributed by atoms with Crippen LogP contribution in [0.5, 0.6) is 0 Å². The van der Waals surface area contributed by atoms with E-state index in [9.17, 15) is 0 Å². The monoisotopic (exact) mass is 217 g/mol. The second-order valence-electron chi connectivity index (χ2n) is 4.86. The summed E-state index contributed by atoms with van der Waals surface area (Å²) in [6, 6.07) is 5.42. The molecule has 3 heteroatoms. The Bertz CT molecular complexity index is 354. The molecule has 3 rings (SSSR count). The fraction of sp³-hybridized carbons (Fsp3) is 0.615. The molecule has 2 heterocycles. The second kappa shape index (κ2) is 4.42. The number of pyridine rings is 1. The van der Waals surface area contributed by atoms with Gasteiger partial charge in [-0.15, -0.1) is 0 Å². The van der Waals surface area contributed by atoms with Crippen LogP contribution in [-0.2, 0) is 0 Å². The van der Waals surface area contributed by atoms with Crippen molar-refractivity contribution in [2.75, 3.05) is 11.9 Å². The minimum atomic E-state index is 0.510. The number of hydrogen-bond donors (Lipinski definition) is 2. The Morgan fingerprint density at radius 3 is 2.88 bits per heavy atom. The average molecular weight is 217 g/mol. The van der Waals surface area contributed by atoms with Gasteiger partial charge in [0.15, 0.2) is 0 Å². The maximum atomic E-state index is 4.49. The summed E-state index contributed by atoms with van der Waals surface area (Å²) in [6.45, 7) is 1.14. The summed E-state index contributed by atoms with van der Waals surface area (Å²) in [6.07, 6.45) is 8.37. The molecule has 3 nitrogen and oxygen atoms in total. The maximum Gasteiger partial charge on any atom is 0.130 e. The fourth-order valence-electron chi connectivity index (χ4n) is 2.52. The van der Waals surface area contributed by atoms with Crippen molar-refractivity contribution in [3.63, 3.8) is 0 Å². The molecule has 86 valence electrons. The molecular weight excluding hydrogens is 198 g/mol. The van der Waals surface area contributed by atoms with Gasteiger partial charge in [-0.25, -0.2) is 4.98 Å². The summed E-state index contributed by atoms with van der Waals surface area (Å²) in [5, 5.41) is 7.12. The first-order valence-corrected chi connectivity index (χ1v) is 6.38. The molecule has 0 radical (unpaired) electrons. The fourth-order valence-corrected chi connectivity index (χ4v) is 2.52. The molecule has 2 N–H and O–H groups in total. The summed E-state index contributed by atoms with van der Waals surface area (Å²) in [5.74, 6) is 1.10. The highest BCUT2D eigenvalue weighted by atomic mass is 15.0. The molecule has 1 aliphatic carbocycles. The molecule has 1 saturated carbocycles. The third-order valence-corrected chi connectivity index (χ3v) is 3.72. The molecule has 1 aromatic rings. The Labute approximate surface area is 96.7 Å². The van der Waals surface area contributed by atoms with Gasteiger partial charge in [0.05, 0.1) is 0 Å². The molecule has 1 saturated heterocycles. The number of hydrogen-bond acceptors (Lipinski definition) is 3. The Hall–Kier alpha value is -1.09. The predicted octanol–water partition coefficient (Wildman–Crippen LogP) is 2.47. The third-order valence-electron chi connectivity index (χ3n) is 3.72. The van der Waals surface area contributed by atoms with Gasteiger partial charge in [-0.05, 0) is 44.7 Å². The summed E-state index contributed by atoms with van der Waals surface area (Å²) < 4.78 is 0. The predicted molar refractivity (Wildman–Crippen MR) is 65.5 cm³/mol. The van der Waals surface area contributed by atoms with Gasteiger partial charge in [0.2, 0.25) is 0 Å². The molecule has 0 aromatic carbocycles. The molecule has 16 heavy (non-hydrogen) atoms. The number of aromatic nitrogens is 1. The lowest BCUT2D eigenvalue weighted by molar-refractivity contribution is 0.443. The Morgan fingerprint density at radius 2 is 2.19 bits per heavy atom. The van der Waals surface area contributed by atoms with Crippen LogP contribution in [0.15, 0.2) is 18.3 Å². The van der Waals surface area contributed by atoms with Crippen molar-refractivity contribution in [2.24, 2.45) is 0 Å². The van der Waals surface area contributed by atoms with Gasteiger partial charge in [0.1, 0.15) is 5.82 Å². The van der Waals surface area contributed by atoms with Crippen LogP contribution in [0.4, 0.5) is 5.82 Å². The molecule has 1 aliphatic heterocycles. The molecule has 0 spiro atoms. The van der Waals surface area contributed by atoms with Gasteiger partial charge in [-0.3, -0.25) is 0 Å². The van der Waals surface area contributed by atoms with Crippen LogP contribution in [0.1, 0.15) is 43.7 Å². The summed E-state index contributed by atoms with van der Waals surface area (Å²) in [4.78, 5) is 4.49. The van der Waals surface area contributed by atoms with Crippen molar-refractivity contribution in [2.45, 2.75) is 44.2 Å². The van der Waals surface area contributed by atoms with Gasteiger partial charge in [-0.1, -0.05) is 6.07 Å². The molecule has 1 aromatic heterocycles. The highest BCUT2D eigenvalue weighted by molar-refractivity contribution is 5.47. The van der Waals surface area contributed by atoms with Crippen molar-refractivity contribution in [3.05, 3.63) is 23.9 Å². The average Bonchev–Trinajstić information content (AvgIpc) is 2.77. The first-order chi connectivity index (χ1) is 7.93. The molecular formula is C13H19N3. The zero-order valence-corrected chi connectivity index (χ0v) is 9.58. The van der Waals surface area contributed by atoms with E-state index in [0.717, 1.165) is 12.4 Å². The molecule has 2 aliphatic rings. The van der Waals surface area contributed by atoms with E-state index >= 15 is 0 Å². The van der Waals surface area contributed by atoms with E-state index in [1.54, 1.807) is 0 Å². The zero-order chi connectivity index (χ0) is 10.8. The Morgan fingerprint density at radius 1 is 1.25 bits per heavy atom. The van der Waals surface area contributed by atoms with Crippen molar-refractivity contribution >= 4 is 5.82 Å². The minimum absolute atomic E-state index is 0.510. The van der Waals surface area contributed by atoms with E-state index in [4.69, 9.17) is 0 Å². The van der Waals surface area contributed by atoms with Crippen LogP contribution in [0.2, 0.25) is 0 Å². The molecule has 2 fully saturated rings. The lowest BCUT2D eigenvalue weighted by atomic mass is 9.93. The first-order valence-electron chi connectivity index (χ1n) is 6.38. The normalized spacial score (nSPS) is 25.4. The highest BCUT2D eigenvalue weighted by Crippen LogP contribution is 2.30. The van der Waals surface area contributed by atoms with Crippen molar-refractivity contribution in [3.8, 4) is 0 Å². The van der Waals surface area contributed by atoms with Crippen LogP contribution in [0.25, 0.3) is 0 Å². The van der Waals surface area contributed by atoms with Gasteiger partial charge in [0, 0.05) is 23.8 Å². The summed E-state index contributed by atoms with van der Waals surface area (Å²) in [5.41, 5.74) is 1.35. The summed E-state index contributed by atoms with van der Waals surface area (Å²) >= 11 is 0. The number of nitrogens with one attached hydrogen (secondary N) is 2. The zero-order valence-electron chi connectivity index (χ0n) is 9.58. The first kappa shape index (κ1) is 10.1. The molecule has 1 unspecified atom stereocenters. The third kappa shape index (κ3) is 1.92. The van der Waals surface area contributed by atoms with Crippen molar-refractivity contribution < 1.29 is 0 Å². The molecule has 0 amide bonds. The Balaban J connectivity index is 1.78. The van der Waals surface area contributed by atoms with Gasteiger partial charge < -0.3 is 10.6 Å². The lowest BCUT2D eigenvalue weighted by Gasteiger charge is -2.28. The standard InChI is InChI=1S/C13H19N3/c1-4-10(5-1)16-13-11(6-2-9-15-13)12-7-3-8-14-12/h2,6,9-10,12,14H,1,3-5,7-8H2,(H,15,16). The molecule has 1 atom stereocenters. The second-order valence-corrected chi connectivity index (χ2v) is 4.86. The van der Waals surface area contributed by atoms with E-state index in [2.05, 4.69) is 21.7 Å².